The van der Waals surface area contributed by atoms with Crippen molar-refractivity contribution in [2.75, 3.05) is 6.54 Å². The van der Waals surface area contributed by atoms with E-state index >= 15 is 0 Å². The lowest BCUT2D eigenvalue weighted by atomic mass is 9.78. The van der Waals surface area contributed by atoms with Crippen LogP contribution in [0.1, 0.15) is 52.0 Å². The van der Waals surface area contributed by atoms with Crippen molar-refractivity contribution in [1.29, 1.82) is 5.26 Å². The number of benzene rings is 1. The maximum absolute atomic E-state index is 7.50. The molecule has 118 valence electrons. The molecule has 0 spiro atoms. The van der Waals surface area contributed by atoms with E-state index in [9.17, 15) is 0 Å². The van der Waals surface area contributed by atoms with Crippen molar-refractivity contribution in [2.45, 2.75) is 57.7 Å². The van der Waals surface area contributed by atoms with Crippen molar-refractivity contribution < 1.29 is 9.31 Å². The van der Waals surface area contributed by atoms with E-state index in [1.807, 2.05) is 0 Å². The summed E-state index contributed by atoms with van der Waals surface area (Å²) in [5.41, 5.74) is 6.73. The Morgan fingerprint density at radius 2 is 1.59 bits per heavy atom. The summed E-state index contributed by atoms with van der Waals surface area (Å²) in [6, 6.07) is 10.4. The van der Waals surface area contributed by atoms with Crippen molar-refractivity contribution in [3.8, 4) is 6.07 Å². The van der Waals surface area contributed by atoms with Crippen LogP contribution in [0.2, 0.25) is 0 Å². The summed E-state index contributed by atoms with van der Waals surface area (Å²) >= 11 is 0. The van der Waals surface area contributed by atoms with Gasteiger partial charge in [-0.1, -0.05) is 24.3 Å². The Kier molecular flexibility index (Phi) is 4.96. The first kappa shape index (κ1) is 17.0. The highest BCUT2D eigenvalue weighted by molar-refractivity contribution is 6.62. The van der Waals surface area contributed by atoms with Gasteiger partial charge in [0.05, 0.1) is 23.8 Å². The SMILES string of the molecule is CC1(C)OB(c2ccc(C3CC3)cc2)OC1(C)C.N#CCN. The third-order valence-electron chi connectivity index (χ3n) is 4.60. The molecule has 0 amide bonds. The Hall–Kier alpha value is -1.35. The quantitative estimate of drug-likeness (QED) is 0.672. The maximum Gasteiger partial charge on any atom is 0.494 e. The Morgan fingerprint density at radius 3 is 1.95 bits per heavy atom. The molecule has 2 fully saturated rings. The molecule has 1 saturated heterocycles. The standard InChI is InChI=1S/C15H21BO2.C2H4N2/c1-14(2)15(3,4)18-16(17-14)13-9-7-12(8-10-13)11-5-6-11;3-1-2-4/h7-11H,5-6H2,1-4H3;1,3H2. The molecule has 1 aromatic rings. The van der Waals surface area contributed by atoms with Crippen LogP contribution in [0.5, 0.6) is 0 Å². The van der Waals surface area contributed by atoms with Crippen LogP contribution >= 0.6 is 0 Å². The van der Waals surface area contributed by atoms with Crippen LogP contribution in [0.25, 0.3) is 0 Å². The Morgan fingerprint density at radius 1 is 1.14 bits per heavy atom. The zero-order chi connectivity index (χ0) is 16.4. The molecule has 2 N–H and O–H groups in total. The second-order valence-corrected chi connectivity index (χ2v) is 6.89. The molecule has 1 aromatic carbocycles. The lowest BCUT2D eigenvalue weighted by Crippen LogP contribution is -2.41. The zero-order valence-corrected chi connectivity index (χ0v) is 13.9. The fourth-order valence-electron chi connectivity index (χ4n) is 2.32. The molecule has 0 bridgehead atoms. The first-order chi connectivity index (χ1) is 10.3. The molecule has 0 aromatic heterocycles. The summed E-state index contributed by atoms with van der Waals surface area (Å²) < 4.78 is 12.1. The van der Waals surface area contributed by atoms with Gasteiger partial charge in [0.25, 0.3) is 0 Å². The van der Waals surface area contributed by atoms with E-state index in [0.717, 1.165) is 11.4 Å². The summed E-state index contributed by atoms with van der Waals surface area (Å²) in [5, 5.41) is 7.50. The smallest absolute Gasteiger partial charge is 0.399 e. The first-order valence-corrected chi connectivity index (χ1v) is 7.83. The van der Waals surface area contributed by atoms with Crippen LogP contribution in [0.15, 0.2) is 24.3 Å². The molecule has 1 aliphatic heterocycles. The molecule has 0 radical (unpaired) electrons. The van der Waals surface area contributed by atoms with Gasteiger partial charge in [0.2, 0.25) is 0 Å². The lowest BCUT2D eigenvalue weighted by Gasteiger charge is -2.32. The predicted molar refractivity (Wildman–Crippen MR) is 88.8 cm³/mol. The van der Waals surface area contributed by atoms with Crippen molar-refractivity contribution in [3.63, 3.8) is 0 Å². The summed E-state index contributed by atoms with van der Waals surface area (Å²) in [5.74, 6) is 0.803. The Labute approximate surface area is 133 Å². The molecule has 1 heterocycles. The van der Waals surface area contributed by atoms with Crippen molar-refractivity contribution >= 4 is 12.6 Å². The lowest BCUT2D eigenvalue weighted by molar-refractivity contribution is 0.00578. The minimum atomic E-state index is -0.257. The van der Waals surface area contributed by atoms with Crippen LogP contribution in [0, 0.1) is 11.3 Å². The molecule has 4 nitrogen and oxygen atoms in total. The Balaban J connectivity index is 0.000000396. The number of rotatable bonds is 2. The number of nitrogens with two attached hydrogens (primary N) is 1. The molecule has 5 heteroatoms. The summed E-state index contributed by atoms with van der Waals surface area (Å²) in [7, 11) is -0.233. The van der Waals surface area contributed by atoms with Crippen LogP contribution < -0.4 is 11.2 Å². The van der Waals surface area contributed by atoms with Crippen LogP contribution in [-0.2, 0) is 9.31 Å². The molecule has 1 saturated carbocycles. The van der Waals surface area contributed by atoms with Gasteiger partial charge in [0.15, 0.2) is 0 Å². The molecule has 2 aliphatic rings. The van der Waals surface area contributed by atoms with Crippen LogP contribution in [0.4, 0.5) is 0 Å². The van der Waals surface area contributed by atoms with E-state index in [4.69, 9.17) is 14.6 Å². The number of nitriles is 1. The highest BCUT2D eigenvalue weighted by Gasteiger charge is 2.51. The third kappa shape index (κ3) is 3.70. The second-order valence-electron chi connectivity index (χ2n) is 6.89. The normalized spacial score (nSPS) is 21.7. The Bertz CT molecular complexity index is 529. The van der Waals surface area contributed by atoms with Gasteiger partial charge in [-0.05, 0) is 57.5 Å². The average molecular weight is 300 g/mol. The van der Waals surface area contributed by atoms with Gasteiger partial charge in [-0.15, -0.1) is 0 Å². The van der Waals surface area contributed by atoms with E-state index in [0.29, 0.717) is 0 Å². The van der Waals surface area contributed by atoms with E-state index in [1.54, 1.807) is 6.07 Å². The average Bonchev–Trinajstić information content (AvgIpc) is 3.28. The number of hydrogen-bond acceptors (Lipinski definition) is 4. The molecule has 0 unspecified atom stereocenters. The van der Waals surface area contributed by atoms with Crippen LogP contribution in [-0.4, -0.2) is 24.9 Å². The van der Waals surface area contributed by atoms with Crippen molar-refractivity contribution in [2.24, 2.45) is 5.73 Å². The van der Waals surface area contributed by atoms with Crippen molar-refractivity contribution in [3.05, 3.63) is 29.8 Å². The minimum absolute atomic E-state index is 0.125. The highest BCUT2D eigenvalue weighted by Crippen LogP contribution is 2.40. The molecule has 0 atom stereocenters. The van der Waals surface area contributed by atoms with Gasteiger partial charge in [-0.3, -0.25) is 0 Å². The van der Waals surface area contributed by atoms with Crippen LogP contribution in [0.3, 0.4) is 0 Å². The van der Waals surface area contributed by atoms with Gasteiger partial charge in [0.1, 0.15) is 0 Å². The van der Waals surface area contributed by atoms with Gasteiger partial charge in [-0.25, -0.2) is 0 Å². The molecule has 1 aliphatic carbocycles. The first-order valence-electron chi connectivity index (χ1n) is 7.83. The van der Waals surface area contributed by atoms with E-state index in [2.05, 4.69) is 57.7 Å². The molecule has 22 heavy (non-hydrogen) atoms. The van der Waals surface area contributed by atoms with Gasteiger partial charge in [-0.2, -0.15) is 5.26 Å². The van der Waals surface area contributed by atoms with E-state index in [-0.39, 0.29) is 24.9 Å². The summed E-state index contributed by atoms with van der Waals surface area (Å²) in [4.78, 5) is 0. The van der Waals surface area contributed by atoms with E-state index in [1.165, 1.54) is 18.4 Å². The third-order valence-corrected chi connectivity index (χ3v) is 4.60. The van der Waals surface area contributed by atoms with Crippen molar-refractivity contribution in [1.82, 2.24) is 0 Å². The zero-order valence-electron chi connectivity index (χ0n) is 13.9. The molecule has 3 rings (SSSR count). The van der Waals surface area contributed by atoms with E-state index < -0.39 is 0 Å². The predicted octanol–water partition coefficient (Wildman–Crippen LogP) is 2.33. The fourth-order valence-corrected chi connectivity index (χ4v) is 2.32. The highest BCUT2D eigenvalue weighted by atomic mass is 16.7. The fraction of sp³-hybridized carbons (Fsp3) is 0.588. The summed E-state index contributed by atoms with van der Waals surface area (Å²) in [6.07, 6.45) is 2.69. The number of nitrogens with zero attached hydrogens (tertiary/aromatic N) is 1. The topological polar surface area (TPSA) is 68.3 Å². The second kappa shape index (κ2) is 6.41. The largest absolute Gasteiger partial charge is 0.494 e. The number of hydrogen-bond donors (Lipinski definition) is 1. The minimum Gasteiger partial charge on any atom is -0.399 e. The monoisotopic (exact) mass is 300 g/mol. The van der Waals surface area contributed by atoms with Gasteiger partial charge < -0.3 is 15.0 Å². The molecular weight excluding hydrogens is 275 g/mol. The van der Waals surface area contributed by atoms with Gasteiger partial charge >= 0.3 is 7.12 Å². The van der Waals surface area contributed by atoms with Gasteiger partial charge in [0, 0.05) is 0 Å². The molecular formula is C17H25BN2O2. The maximum atomic E-state index is 7.50. The summed E-state index contributed by atoms with van der Waals surface area (Å²) in [6.45, 7) is 8.48.